The molecule has 5 aromatic rings. The normalized spacial score (nSPS) is 19.6. The van der Waals surface area contributed by atoms with Crippen LogP contribution < -0.4 is 5.32 Å². The van der Waals surface area contributed by atoms with Crippen LogP contribution in [0.5, 0.6) is 0 Å². The Morgan fingerprint density at radius 3 is 2.47 bits per heavy atom. The van der Waals surface area contributed by atoms with Gasteiger partial charge in [-0.3, -0.25) is 4.99 Å². The first kappa shape index (κ1) is 26.0. The standard InChI is InChI=1S/C41H36N2/c1-25-9-11-29-21-31(15-13-27(29)19-25)38-24-39(43-40(42-38)33-16-14-28-20-26(2)10-12-30(28)22-33)32-17-18-35-34-7-5-6-8-36(34)41(3,4)37(35)23-32/h5-18,20-25,40,42H,19H2,1-4H3. The lowest BCUT2D eigenvalue weighted by molar-refractivity contribution is 0.659. The minimum atomic E-state index is -0.189. The Hall–Kier alpha value is -4.69. The maximum atomic E-state index is 5.36. The van der Waals surface area contributed by atoms with Gasteiger partial charge in [0.2, 0.25) is 0 Å². The van der Waals surface area contributed by atoms with Crippen LogP contribution in [-0.2, 0) is 11.8 Å². The van der Waals surface area contributed by atoms with Crippen LogP contribution in [0.1, 0.15) is 71.4 Å². The van der Waals surface area contributed by atoms with Crippen molar-refractivity contribution in [1.82, 2.24) is 5.32 Å². The third kappa shape index (κ3) is 4.36. The molecule has 0 radical (unpaired) electrons. The van der Waals surface area contributed by atoms with Crippen LogP contribution in [0.15, 0.2) is 114 Å². The maximum Gasteiger partial charge on any atom is 0.145 e. The third-order valence-electron chi connectivity index (χ3n) is 9.66. The minimum Gasteiger partial charge on any atom is -0.360 e. The van der Waals surface area contributed by atoms with Gasteiger partial charge in [-0.25, -0.2) is 0 Å². The second-order valence-electron chi connectivity index (χ2n) is 13.1. The summed E-state index contributed by atoms with van der Waals surface area (Å²) in [6.07, 6.45) is 7.76. The molecule has 0 spiro atoms. The van der Waals surface area contributed by atoms with Gasteiger partial charge in [-0.15, -0.1) is 0 Å². The van der Waals surface area contributed by atoms with Crippen LogP contribution in [0.4, 0.5) is 0 Å². The Kier molecular flexibility index (Phi) is 5.84. The predicted molar refractivity (Wildman–Crippen MR) is 181 cm³/mol. The molecule has 2 unspecified atom stereocenters. The average molecular weight is 557 g/mol. The number of hydrogen-bond donors (Lipinski definition) is 1. The van der Waals surface area contributed by atoms with Crippen molar-refractivity contribution in [3.8, 4) is 11.1 Å². The molecule has 8 rings (SSSR count). The van der Waals surface area contributed by atoms with Crippen molar-refractivity contribution in [1.29, 1.82) is 0 Å². The first-order valence-electron chi connectivity index (χ1n) is 15.5. The highest BCUT2D eigenvalue weighted by Gasteiger charge is 2.35. The number of allylic oxidation sites excluding steroid dienone is 2. The fourth-order valence-electron chi connectivity index (χ4n) is 7.22. The van der Waals surface area contributed by atoms with E-state index in [-0.39, 0.29) is 11.6 Å². The van der Waals surface area contributed by atoms with E-state index in [1.165, 1.54) is 60.8 Å². The highest BCUT2D eigenvalue weighted by atomic mass is 15.1. The summed E-state index contributed by atoms with van der Waals surface area (Å²) in [5.74, 6) is 0.584. The molecule has 5 aromatic carbocycles. The number of hydrogen-bond acceptors (Lipinski definition) is 2. The molecule has 210 valence electrons. The predicted octanol–water partition coefficient (Wildman–Crippen LogP) is 9.79. The van der Waals surface area contributed by atoms with Gasteiger partial charge in [-0.05, 0) is 98.8 Å². The molecule has 2 atom stereocenters. The Morgan fingerprint density at radius 1 is 0.767 bits per heavy atom. The summed E-state index contributed by atoms with van der Waals surface area (Å²) < 4.78 is 0. The number of benzene rings is 5. The van der Waals surface area contributed by atoms with E-state index in [2.05, 4.69) is 148 Å². The molecule has 0 amide bonds. The van der Waals surface area contributed by atoms with Crippen molar-refractivity contribution in [2.24, 2.45) is 10.9 Å². The van der Waals surface area contributed by atoms with Crippen LogP contribution >= 0.6 is 0 Å². The molecule has 1 aliphatic heterocycles. The van der Waals surface area contributed by atoms with Crippen LogP contribution in [0.3, 0.4) is 0 Å². The van der Waals surface area contributed by atoms with E-state index in [4.69, 9.17) is 4.99 Å². The summed E-state index contributed by atoms with van der Waals surface area (Å²) in [7, 11) is 0. The minimum absolute atomic E-state index is 0.0558. The van der Waals surface area contributed by atoms with Crippen molar-refractivity contribution < 1.29 is 0 Å². The SMILES string of the molecule is Cc1ccc2cc(C3N=C(c4ccc5c(c4)C(C)(C)c4ccccc4-5)C=C(c4ccc5c(c4)C=CC(C)C5)N3)ccc2c1. The molecule has 0 aromatic heterocycles. The molecule has 3 aliphatic rings. The van der Waals surface area contributed by atoms with E-state index in [9.17, 15) is 0 Å². The number of aliphatic imine (C=N–C) groups is 1. The smallest absolute Gasteiger partial charge is 0.145 e. The van der Waals surface area contributed by atoms with E-state index in [0.717, 1.165) is 23.4 Å². The van der Waals surface area contributed by atoms with Gasteiger partial charge in [0, 0.05) is 16.7 Å². The monoisotopic (exact) mass is 556 g/mol. The van der Waals surface area contributed by atoms with Crippen molar-refractivity contribution in [3.05, 3.63) is 154 Å². The largest absolute Gasteiger partial charge is 0.360 e. The van der Waals surface area contributed by atoms with Crippen molar-refractivity contribution in [2.75, 3.05) is 0 Å². The molecule has 1 N–H and O–H groups in total. The Morgan fingerprint density at radius 2 is 1.56 bits per heavy atom. The van der Waals surface area contributed by atoms with Crippen LogP contribution in [-0.4, -0.2) is 5.71 Å². The van der Waals surface area contributed by atoms with E-state index < -0.39 is 0 Å². The van der Waals surface area contributed by atoms with Crippen molar-refractivity contribution in [2.45, 2.75) is 45.7 Å². The number of rotatable bonds is 3. The van der Waals surface area contributed by atoms with E-state index >= 15 is 0 Å². The molecular weight excluding hydrogens is 520 g/mol. The van der Waals surface area contributed by atoms with Gasteiger partial charge in [0.1, 0.15) is 6.17 Å². The van der Waals surface area contributed by atoms with Gasteiger partial charge >= 0.3 is 0 Å². The lowest BCUT2D eigenvalue weighted by atomic mass is 9.81. The Bertz CT molecular complexity index is 2040. The first-order chi connectivity index (χ1) is 20.8. The zero-order valence-electron chi connectivity index (χ0n) is 25.3. The summed E-state index contributed by atoms with van der Waals surface area (Å²) in [5, 5.41) is 6.31. The molecule has 43 heavy (non-hydrogen) atoms. The lowest BCUT2D eigenvalue weighted by Crippen LogP contribution is -2.25. The molecule has 0 saturated heterocycles. The fraction of sp³-hybridized carbons (Fsp3) is 0.195. The van der Waals surface area contributed by atoms with Gasteiger partial charge < -0.3 is 5.32 Å². The molecule has 0 saturated carbocycles. The fourth-order valence-corrected chi connectivity index (χ4v) is 7.22. The van der Waals surface area contributed by atoms with E-state index in [1.54, 1.807) is 0 Å². The average Bonchev–Trinajstić information content (AvgIpc) is 3.26. The molecule has 0 bridgehead atoms. The molecule has 1 heterocycles. The number of nitrogens with one attached hydrogen (secondary N) is 1. The zero-order valence-corrected chi connectivity index (χ0v) is 25.3. The number of fused-ring (bicyclic) bond motifs is 5. The van der Waals surface area contributed by atoms with Crippen LogP contribution in [0.25, 0.3) is 33.7 Å². The molecule has 2 heteroatoms. The molecule has 2 aliphatic carbocycles. The number of nitrogens with zero attached hydrogens (tertiary/aromatic N) is 1. The first-order valence-corrected chi connectivity index (χ1v) is 15.5. The quantitative estimate of drug-likeness (QED) is 0.235. The van der Waals surface area contributed by atoms with Crippen molar-refractivity contribution >= 4 is 28.3 Å². The second-order valence-corrected chi connectivity index (χ2v) is 13.1. The van der Waals surface area contributed by atoms with Gasteiger partial charge in [0.15, 0.2) is 0 Å². The molecular formula is C41H36N2. The Labute approximate surface area is 254 Å². The summed E-state index contributed by atoms with van der Waals surface area (Å²) in [6, 6.07) is 36.1. The lowest BCUT2D eigenvalue weighted by Gasteiger charge is -2.27. The molecule has 0 fully saturated rings. The van der Waals surface area contributed by atoms with Gasteiger partial charge in [0.05, 0.1) is 5.71 Å². The third-order valence-corrected chi connectivity index (χ3v) is 9.66. The zero-order chi connectivity index (χ0) is 29.3. The Balaban J connectivity index is 1.25. The van der Waals surface area contributed by atoms with E-state index in [1.807, 2.05) is 0 Å². The highest BCUT2D eigenvalue weighted by molar-refractivity contribution is 6.13. The highest BCUT2D eigenvalue weighted by Crippen LogP contribution is 2.49. The number of aryl methyl sites for hydroxylation is 1. The molecule has 2 nitrogen and oxygen atoms in total. The van der Waals surface area contributed by atoms with Crippen molar-refractivity contribution in [3.63, 3.8) is 0 Å². The van der Waals surface area contributed by atoms with Crippen LogP contribution in [0, 0.1) is 12.8 Å². The summed E-state index contributed by atoms with van der Waals surface area (Å²) >= 11 is 0. The topological polar surface area (TPSA) is 24.4 Å². The van der Waals surface area contributed by atoms with Crippen LogP contribution in [0.2, 0.25) is 0 Å². The summed E-state index contributed by atoms with van der Waals surface area (Å²) in [6.45, 7) is 9.11. The second kappa shape index (κ2) is 9.67. The summed E-state index contributed by atoms with van der Waals surface area (Å²) in [4.78, 5) is 5.36. The van der Waals surface area contributed by atoms with Gasteiger partial charge in [0.25, 0.3) is 0 Å². The van der Waals surface area contributed by atoms with E-state index in [0.29, 0.717) is 5.92 Å². The van der Waals surface area contributed by atoms with Gasteiger partial charge in [-0.2, -0.15) is 0 Å². The van der Waals surface area contributed by atoms with Gasteiger partial charge in [-0.1, -0.05) is 117 Å². The maximum absolute atomic E-state index is 5.36. The summed E-state index contributed by atoms with van der Waals surface area (Å²) in [5.41, 5.74) is 15.0.